The van der Waals surface area contributed by atoms with Crippen LogP contribution in [0.5, 0.6) is 5.75 Å². The molecule has 0 aliphatic heterocycles. The quantitative estimate of drug-likeness (QED) is 0.762. The van der Waals surface area contributed by atoms with Gasteiger partial charge in [-0.2, -0.15) is 0 Å². The molecule has 5 heteroatoms. The molecule has 0 aromatic heterocycles. The maximum atomic E-state index is 10.4. The third-order valence-corrected chi connectivity index (χ3v) is 1.51. The van der Waals surface area contributed by atoms with Crippen LogP contribution >= 0.6 is 0 Å². The zero-order valence-corrected chi connectivity index (χ0v) is 8.71. The van der Waals surface area contributed by atoms with Gasteiger partial charge in [0.15, 0.2) is 0 Å². The van der Waals surface area contributed by atoms with E-state index in [0.29, 0.717) is 5.75 Å². The summed E-state index contributed by atoms with van der Waals surface area (Å²) in [5.41, 5.74) is 0.269. The van der Waals surface area contributed by atoms with E-state index >= 15 is 0 Å². The molecule has 0 spiro atoms. The van der Waals surface area contributed by atoms with Crippen molar-refractivity contribution in [3.05, 3.63) is 42.5 Å². The highest BCUT2D eigenvalue weighted by molar-refractivity contribution is 5.87. The molecular weight excluding hydrogens is 212 g/mol. The molecular formula is C11H12O5. The van der Waals surface area contributed by atoms with Crippen LogP contribution in [-0.4, -0.2) is 29.3 Å². The van der Waals surface area contributed by atoms with Crippen molar-refractivity contribution in [3.8, 4) is 5.75 Å². The van der Waals surface area contributed by atoms with Gasteiger partial charge >= 0.3 is 11.9 Å². The van der Waals surface area contributed by atoms with Crippen molar-refractivity contribution in [2.45, 2.75) is 0 Å². The predicted octanol–water partition coefficient (Wildman–Crippen LogP) is 1.65. The SMILES string of the molecule is C=CC(=O)O.COc1ccc(C(=O)O)cc1. The monoisotopic (exact) mass is 224 g/mol. The van der Waals surface area contributed by atoms with Crippen LogP contribution in [0.15, 0.2) is 36.9 Å². The Labute approximate surface area is 92.6 Å². The van der Waals surface area contributed by atoms with Crippen LogP contribution in [0.3, 0.4) is 0 Å². The number of ether oxygens (including phenoxy) is 1. The second-order valence-corrected chi connectivity index (χ2v) is 2.58. The van der Waals surface area contributed by atoms with E-state index in [1.807, 2.05) is 0 Å². The van der Waals surface area contributed by atoms with Crippen LogP contribution in [-0.2, 0) is 4.79 Å². The average Bonchev–Trinajstić information content (AvgIpc) is 2.29. The zero-order chi connectivity index (χ0) is 12.6. The molecule has 0 heterocycles. The number of aliphatic carboxylic acids is 1. The molecule has 1 aromatic rings. The van der Waals surface area contributed by atoms with E-state index in [4.69, 9.17) is 14.9 Å². The topological polar surface area (TPSA) is 83.8 Å². The fraction of sp³-hybridized carbons (Fsp3) is 0.0909. The van der Waals surface area contributed by atoms with Gasteiger partial charge in [0.1, 0.15) is 5.75 Å². The van der Waals surface area contributed by atoms with Crippen molar-refractivity contribution in [3.63, 3.8) is 0 Å². The Morgan fingerprint density at radius 3 is 1.94 bits per heavy atom. The van der Waals surface area contributed by atoms with Crippen LogP contribution in [0.1, 0.15) is 10.4 Å². The number of carboxylic acid groups (broad SMARTS) is 2. The first-order chi connectivity index (χ1) is 7.51. The summed E-state index contributed by atoms with van der Waals surface area (Å²) in [5.74, 6) is -1.24. The first kappa shape index (κ1) is 13.7. The number of hydrogen-bond acceptors (Lipinski definition) is 3. The second-order valence-electron chi connectivity index (χ2n) is 2.58. The number of methoxy groups -OCH3 is 1. The van der Waals surface area contributed by atoms with Crippen molar-refractivity contribution in [2.24, 2.45) is 0 Å². The lowest BCUT2D eigenvalue weighted by atomic mass is 10.2. The number of benzene rings is 1. The number of carbonyl (C=O) groups is 2. The molecule has 1 aromatic carbocycles. The molecule has 0 fully saturated rings. The molecule has 0 aliphatic rings. The lowest BCUT2D eigenvalue weighted by Crippen LogP contribution is -1.95. The molecule has 0 atom stereocenters. The highest BCUT2D eigenvalue weighted by Crippen LogP contribution is 2.10. The van der Waals surface area contributed by atoms with Crippen LogP contribution < -0.4 is 4.74 Å². The maximum absolute atomic E-state index is 10.4. The third kappa shape index (κ3) is 5.43. The summed E-state index contributed by atoms with van der Waals surface area (Å²) in [6.07, 6.45) is 0.833. The molecule has 2 N–H and O–H groups in total. The first-order valence-corrected chi connectivity index (χ1v) is 4.24. The Morgan fingerprint density at radius 2 is 1.69 bits per heavy atom. The molecule has 0 unspecified atom stereocenters. The highest BCUT2D eigenvalue weighted by Gasteiger charge is 2.00. The van der Waals surface area contributed by atoms with Crippen LogP contribution in [0.2, 0.25) is 0 Å². The van der Waals surface area contributed by atoms with E-state index in [0.717, 1.165) is 6.08 Å². The van der Waals surface area contributed by atoms with Gasteiger partial charge in [-0.15, -0.1) is 0 Å². The first-order valence-electron chi connectivity index (χ1n) is 4.24. The molecule has 0 bridgehead atoms. The Hall–Kier alpha value is -2.30. The van der Waals surface area contributed by atoms with Gasteiger partial charge in [-0.1, -0.05) is 6.58 Å². The Balaban J connectivity index is 0.000000385. The van der Waals surface area contributed by atoms with Gasteiger partial charge in [-0.05, 0) is 24.3 Å². The summed E-state index contributed by atoms with van der Waals surface area (Å²) < 4.78 is 4.86. The van der Waals surface area contributed by atoms with Gasteiger partial charge in [0.2, 0.25) is 0 Å². The lowest BCUT2D eigenvalue weighted by molar-refractivity contribution is -0.131. The van der Waals surface area contributed by atoms with Gasteiger partial charge in [0.05, 0.1) is 12.7 Å². The van der Waals surface area contributed by atoms with Crippen molar-refractivity contribution in [1.29, 1.82) is 0 Å². The molecule has 0 aliphatic carbocycles. The summed E-state index contributed by atoms with van der Waals surface area (Å²) in [4.78, 5) is 19.6. The zero-order valence-electron chi connectivity index (χ0n) is 8.71. The van der Waals surface area contributed by atoms with Crippen molar-refractivity contribution in [2.75, 3.05) is 7.11 Å². The third-order valence-electron chi connectivity index (χ3n) is 1.51. The molecule has 0 radical (unpaired) electrons. The number of hydrogen-bond donors (Lipinski definition) is 2. The van der Waals surface area contributed by atoms with Gasteiger partial charge in [-0.25, -0.2) is 9.59 Å². The standard InChI is InChI=1S/C8H8O3.C3H4O2/c1-11-7-4-2-6(3-5-7)8(9)10;1-2-3(4)5/h2-5H,1H3,(H,9,10);2H,1H2,(H,4,5). The minimum atomic E-state index is -0.981. The number of aromatic carboxylic acids is 1. The van der Waals surface area contributed by atoms with E-state index in [2.05, 4.69) is 6.58 Å². The highest BCUT2D eigenvalue weighted by atomic mass is 16.5. The smallest absolute Gasteiger partial charge is 0.335 e. The molecule has 16 heavy (non-hydrogen) atoms. The van der Waals surface area contributed by atoms with E-state index in [9.17, 15) is 9.59 Å². The minimum absolute atomic E-state index is 0.269. The molecule has 5 nitrogen and oxygen atoms in total. The second kappa shape index (κ2) is 7.05. The van der Waals surface area contributed by atoms with E-state index in [-0.39, 0.29) is 5.56 Å². The largest absolute Gasteiger partial charge is 0.497 e. The summed E-state index contributed by atoms with van der Waals surface area (Å²) in [5, 5.41) is 16.1. The van der Waals surface area contributed by atoms with Gasteiger partial charge < -0.3 is 14.9 Å². The van der Waals surface area contributed by atoms with Gasteiger partial charge in [0.25, 0.3) is 0 Å². The molecule has 0 saturated carbocycles. The van der Waals surface area contributed by atoms with Crippen molar-refractivity contribution < 1.29 is 24.5 Å². The molecule has 0 amide bonds. The minimum Gasteiger partial charge on any atom is -0.497 e. The molecule has 1 rings (SSSR count). The average molecular weight is 224 g/mol. The van der Waals surface area contributed by atoms with Crippen LogP contribution in [0.25, 0.3) is 0 Å². The predicted molar refractivity (Wildman–Crippen MR) is 57.8 cm³/mol. The fourth-order valence-corrected chi connectivity index (χ4v) is 0.734. The lowest BCUT2D eigenvalue weighted by Gasteiger charge is -1.98. The van der Waals surface area contributed by atoms with Crippen LogP contribution in [0.4, 0.5) is 0 Å². The summed E-state index contributed by atoms with van der Waals surface area (Å²) in [7, 11) is 1.54. The summed E-state index contributed by atoms with van der Waals surface area (Å²) >= 11 is 0. The molecule has 86 valence electrons. The Bertz CT molecular complexity index is 366. The summed E-state index contributed by atoms with van der Waals surface area (Å²) in [6, 6.07) is 6.23. The van der Waals surface area contributed by atoms with Crippen molar-refractivity contribution in [1.82, 2.24) is 0 Å². The van der Waals surface area contributed by atoms with Gasteiger partial charge in [0, 0.05) is 6.08 Å². The Morgan fingerprint density at radius 1 is 1.25 bits per heavy atom. The number of rotatable bonds is 3. The molecule has 0 saturated heterocycles. The fourth-order valence-electron chi connectivity index (χ4n) is 0.734. The Kier molecular flexibility index (Phi) is 6.04. The maximum Gasteiger partial charge on any atom is 0.335 e. The van der Waals surface area contributed by atoms with Crippen LogP contribution in [0, 0.1) is 0 Å². The van der Waals surface area contributed by atoms with E-state index in [1.54, 1.807) is 12.1 Å². The number of carboxylic acids is 2. The van der Waals surface area contributed by atoms with Crippen molar-refractivity contribution >= 4 is 11.9 Å². The normalized spacial score (nSPS) is 8.31. The van der Waals surface area contributed by atoms with E-state index in [1.165, 1.54) is 19.2 Å². The summed E-state index contributed by atoms with van der Waals surface area (Å²) in [6.45, 7) is 2.96. The van der Waals surface area contributed by atoms with E-state index < -0.39 is 11.9 Å². The van der Waals surface area contributed by atoms with Gasteiger partial charge in [-0.3, -0.25) is 0 Å².